The van der Waals surface area contributed by atoms with Crippen LogP contribution in [0.5, 0.6) is 0 Å². The van der Waals surface area contributed by atoms with Gasteiger partial charge in [0.15, 0.2) is 0 Å². The molecule has 1 atom stereocenters. The van der Waals surface area contributed by atoms with Gasteiger partial charge in [0.25, 0.3) is 0 Å². The molecule has 19 heavy (non-hydrogen) atoms. The van der Waals surface area contributed by atoms with Crippen molar-refractivity contribution in [1.82, 2.24) is 9.97 Å². The molecule has 0 amide bonds. The Kier molecular flexibility index (Phi) is 4.52. The normalized spacial score (nSPS) is 12.5. The molecule has 2 rings (SSSR count). The molecule has 0 radical (unpaired) electrons. The summed E-state index contributed by atoms with van der Waals surface area (Å²) in [6, 6.07) is 5.50. The lowest BCUT2D eigenvalue weighted by Crippen LogP contribution is -2.24. The van der Waals surface area contributed by atoms with Gasteiger partial charge in [-0.3, -0.25) is 4.98 Å². The fraction of sp³-hybridized carbons (Fsp3) is 0.429. The van der Waals surface area contributed by atoms with Crippen molar-refractivity contribution in [2.75, 3.05) is 17.7 Å². The summed E-state index contributed by atoms with van der Waals surface area (Å²) in [6.07, 6.45) is 4.83. The first-order valence-corrected chi connectivity index (χ1v) is 6.63. The second-order valence-electron chi connectivity index (χ2n) is 4.63. The monoisotopic (exact) mass is 260 g/mol. The lowest BCUT2D eigenvalue weighted by Gasteiger charge is -2.18. The third-order valence-electron chi connectivity index (χ3n) is 3.07. The van der Waals surface area contributed by atoms with Crippen LogP contribution < -0.4 is 11.1 Å². The number of anilines is 2. The quantitative estimate of drug-likeness (QED) is 0.741. The van der Waals surface area contributed by atoms with Crippen LogP contribution >= 0.6 is 0 Å². The number of rotatable bonds is 6. The van der Waals surface area contributed by atoms with Gasteiger partial charge in [0.2, 0.25) is 0 Å². The zero-order valence-corrected chi connectivity index (χ0v) is 11.1. The number of aliphatic hydroxyl groups is 1. The topological polar surface area (TPSA) is 84.1 Å². The largest absolute Gasteiger partial charge is 0.394 e. The fourth-order valence-electron chi connectivity index (χ4n) is 2.07. The lowest BCUT2D eigenvalue weighted by atomic mass is 10.1. The number of aliphatic hydroxyl groups excluding tert-OH is 1. The van der Waals surface area contributed by atoms with Gasteiger partial charge in [0.1, 0.15) is 11.3 Å². The number of nitrogen functional groups attached to an aromatic ring is 1. The first-order chi connectivity index (χ1) is 9.24. The van der Waals surface area contributed by atoms with Crippen LogP contribution in [0.3, 0.4) is 0 Å². The van der Waals surface area contributed by atoms with Gasteiger partial charge in [-0.2, -0.15) is 0 Å². The number of unbranched alkanes of at least 4 members (excludes halogenated alkanes) is 1. The van der Waals surface area contributed by atoms with Crippen LogP contribution in [0.25, 0.3) is 11.0 Å². The molecule has 5 heteroatoms. The Morgan fingerprint density at radius 3 is 3.05 bits per heavy atom. The van der Waals surface area contributed by atoms with Crippen molar-refractivity contribution in [2.24, 2.45) is 0 Å². The number of hydrogen-bond donors (Lipinski definition) is 3. The summed E-state index contributed by atoms with van der Waals surface area (Å²) in [5, 5.41) is 12.7. The van der Waals surface area contributed by atoms with Gasteiger partial charge in [0.05, 0.1) is 17.8 Å². The Bertz CT molecular complexity index is 544. The molecule has 0 fully saturated rings. The highest BCUT2D eigenvalue weighted by Crippen LogP contribution is 2.23. The maximum Gasteiger partial charge on any atom is 0.126 e. The minimum Gasteiger partial charge on any atom is -0.394 e. The van der Waals surface area contributed by atoms with Gasteiger partial charge < -0.3 is 16.2 Å². The van der Waals surface area contributed by atoms with E-state index in [4.69, 9.17) is 5.73 Å². The van der Waals surface area contributed by atoms with Gasteiger partial charge in [0, 0.05) is 18.3 Å². The van der Waals surface area contributed by atoms with Crippen LogP contribution in [0, 0.1) is 0 Å². The van der Waals surface area contributed by atoms with Crippen molar-refractivity contribution in [3.63, 3.8) is 0 Å². The van der Waals surface area contributed by atoms with Crippen LogP contribution in [-0.4, -0.2) is 27.7 Å². The maximum atomic E-state index is 9.43. The molecule has 0 aliphatic rings. The number of nitrogens with two attached hydrogens (primary N) is 1. The molecular formula is C14H20N4O. The highest BCUT2D eigenvalue weighted by Gasteiger charge is 2.11. The SMILES string of the molecule is CCCCC(CO)Nc1cc(N)nc2cccnc12. The van der Waals surface area contributed by atoms with Crippen LogP contribution in [0.1, 0.15) is 26.2 Å². The first kappa shape index (κ1) is 13.5. The summed E-state index contributed by atoms with van der Waals surface area (Å²) < 4.78 is 0. The third-order valence-corrected chi connectivity index (χ3v) is 3.07. The van der Waals surface area contributed by atoms with Crippen LogP contribution in [0.4, 0.5) is 11.5 Å². The highest BCUT2D eigenvalue weighted by atomic mass is 16.3. The van der Waals surface area contributed by atoms with Crippen LogP contribution in [0.15, 0.2) is 24.4 Å². The fourth-order valence-corrected chi connectivity index (χ4v) is 2.07. The van der Waals surface area contributed by atoms with E-state index in [1.54, 1.807) is 12.3 Å². The Labute approximate surface area is 112 Å². The second-order valence-corrected chi connectivity index (χ2v) is 4.63. The molecule has 0 aliphatic heterocycles. The van der Waals surface area contributed by atoms with E-state index in [-0.39, 0.29) is 12.6 Å². The minimum atomic E-state index is 0.0203. The molecule has 0 aromatic carbocycles. The molecule has 0 saturated heterocycles. The number of hydrogen-bond acceptors (Lipinski definition) is 5. The van der Waals surface area contributed by atoms with E-state index in [9.17, 15) is 5.11 Å². The summed E-state index contributed by atoms with van der Waals surface area (Å²) in [6.45, 7) is 2.23. The molecule has 2 aromatic rings. The van der Waals surface area contributed by atoms with E-state index in [2.05, 4.69) is 22.2 Å². The van der Waals surface area contributed by atoms with Gasteiger partial charge >= 0.3 is 0 Å². The molecule has 102 valence electrons. The smallest absolute Gasteiger partial charge is 0.126 e. The van der Waals surface area contributed by atoms with Crippen molar-refractivity contribution in [1.29, 1.82) is 0 Å². The zero-order valence-electron chi connectivity index (χ0n) is 11.1. The first-order valence-electron chi connectivity index (χ1n) is 6.63. The molecule has 1 unspecified atom stereocenters. The molecule has 0 bridgehead atoms. The van der Waals surface area contributed by atoms with E-state index in [0.29, 0.717) is 5.82 Å². The Morgan fingerprint density at radius 2 is 2.32 bits per heavy atom. The molecule has 2 aromatic heterocycles. The predicted molar refractivity (Wildman–Crippen MR) is 78.0 cm³/mol. The lowest BCUT2D eigenvalue weighted by molar-refractivity contribution is 0.267. The summed E-state index contributed by atoms with van der Waals surface area (Å²) in [5.74, 6) is 0.454. The second kappa shape index (κ2) is 6.33. The molecule has 0 aliphatic carbocycles. The summed E-state index contributed by atoms with van der Waals surface area (Å²) >= 11 is 0. The van der Waals surface area contributed by atoms with Crippen molar-refractivity contribution in [3.8, 4) is 0 Å². The van der Waals surface area contributed by atoms with Crippen molar-refractivity contribution < 1.29 is 5.11 Å². The average molecular weight is 260 g/mol. The number of nitrogens with one attached hydrogen (secondary N) is 1. The van der Waals surface area contributed by atoms with E-state index in [0.717, 1.165) is 36.0 Å². The van der Waals surface area contributed by atoms with Gasteiger partial charge in [-0.05, 0) is 18.6 Å². The molecule has 0 spiro atoms. The summed E-state index contributed by atoms with van der Waals surface area (Å²) in [4.78, 5) is 8.57. The van der Waals surface area contributed by atoms with Crippen molar-refractivity contribution >= 4 is 22.5 Å². The van der Waals surface area contributed by atoms with E-state index in [1.165, 1.54) is 0 Å². The van der Waals surface area contributed by atoms with E-state index < -0.39 is 0 Å². The Balaban J connectivity index is 2.28. The van der Waals surface area contributed by atoms with Crippen molar-refractivity contribution in [2.45, 2.75) is 32.2 Å². The number of aromatic nitrogens is 2. The third kappa shape index (κ3) is 3.32. The molecule has 5 nitrogen and oxygen atoms in total. The molecule has 2 heterocycles. The maximum absolute atomic E-state index is 9.43. The highest BCUT2D eigenvalue weighted by molar-refractivity contribution is 5.89. The number of nitrogens with zero attached hydrogens (tertiary/aromatic N) is 2. The number of pyridine rings is 2. The Morgan fingerprint density at radius 1 is 1.47 bits per heavy atom. The van der Waals surface area contributed by atoms with E-state index >= 15 is 0 Å². The minimum absolute atomic E-state index is 0.0203. The predicted octanol–water partition coefficient (Wildman–Crippen LogP) is 2.17. The van der Waals surface area contributed by atoms with Gasteiger partial charge in [-0.25, -0.2) is 4.98 Å². The molecule has 0 saturated carbocycles. The Hall–Kier alpha value is -1.88. The summed E-state index contributed by atoms with van der Waals surface area (Å²) in [7, 11) is 0. The van der Waals surface area contributed by atoms with Crippen LogP contribution in [0.2, 0.25) is 0 Å². The standard InChI is InChI=1S/C14H20N4O/c1-2-3-5-10(9-19)17-12-8-13(15)18-11-6-4-7-16-14(11)12/h4,6-8,10,19H,2-3,5,9H2,1H3,(H3,15,17,18). The van der Waals surface area contributed by atoms with Gasteiger partial charge in [-0.15, -0.1) is 0 Å². The average Bonchev–Trinajstić information content (AvgIpc) is 2.43. The van der Waals surface area contributed by atoms with Crippen LogP contribution in [-0.2, 0) is 0 Å². The van der Waals surface area contributed by atoms with E-state index in [1.807, 2.05) is 12.1 Å². The molecular weight excluding hydrogens is 240 g/mol. The number of fused-ring (bicyclic) bond motifs is 1. The molecule has 4 N–H and O–H groups in total. The van der Waals surface area contributed by atoms with Crippen molar-refractivity contribution in [3.05, 3.63) is 24.4 Å². The zero-order chi connectivity index (χ0) is 13.7. The van der Waals surface area contributed by atoms with Gasteiger partial charge in [-0.1, -0.05) is 19.8 Å². The summed E-state index contributed by atoms with van der Waals surface area (Å²) in [5.41, 5.74) is 8.18.